The molecule has 25 heavy (non-hydrogen) atoms. The van der Waals surface area contributed by atoms with E-state index in [1.165, 1.54) is 14.0 Å². The minimum Gasteiger partial charge on any atom is -0.465 e. The van der Waals surface area contributed by atoms with E-state index in [-0.39, 0.29) is 5.69 Å². The van der Waals surface area contributed by atoms with Crippen molar-refractivity contribution in [3.63, 3.8) is 0 Å². The van der Waals surface area contributed by atoms with Gasteiger partial charge in [-0.15, -0.1) is 0 Å². The van der Waals surface area contributed by atoms with Gasteiger partial charge in [-0.3, -0.25) is 4.79 Å². The number of ketones is 1. The molecule has 0 spiro atoms. The molecule has 1 heterocycles. The van der Waals surface area contributed by atoms with Gasteiger partial charge in [-0.05, 0) is 45.4 Å². The standard InChI is InChI=1S/C19H21NO5/c1-10-7-6-8-14(9-10)18(22)25-13(4)17(21)16-11(2)15(12(3)20-16)19(23)24-5/h6-9,13,20H,1-5H3/t13-/m1/s1. The monoisotopic (exact) mass is 343 g/mol. The molecule has 0 fully saturated rings. The topological polar surface area (TPSA) is 85.5 Å². The van der Waals surface area contributed by atoms with Crippen LogP contribution in [-0.2, 0) is 9.47 Å². The highest BCUT2D eigenvalue weighted by atomic mass is 16.5. The number of methoxy groups -OCH3 is 1. The van der Waals surface area contributed by atoms with Crippen LogP contribution < -0.4 is 0 Å². The van der Waals surface area contributed by atoms with E-state index in [1.54, 1.807) is 32.0 Å². The van der Waals surface area contributed by atoms with Crippen molar-refractivity contribution in [2.75, 3.05) is 7.11 Å². The molecule has 132 valence electrons. The van der Waals surface area contributed by atoms with Crippen LogP contribution in [0.3, 0.4) is 0 Å². The zero-order valence-electron chi connectivity index (χ0n) is 14.9. The molecular formula is C19H21NO5. The van der Waals surface area contributed by atoms with Gasteiger partial charge >= 0.3 is 11.9 Å². The van der Waals surface area contributed by atoms with Gasteiger partial charge in [0.2, 0.25) is 5.78 Å². The molecule has 0 aliphatic rings. The first kappa shape index (κ1) is 18.4. The van der Waals surface area contributed by atoms with Crippen LogP contribution in [0.2, 0.25) is 0 Å². The quantitative estimate of drug-likeness (QED) is 0.666. The van der Waals surface area contributed by atoms with Crippen LogP contribution in [0.5, 0.6) is 0 Å². The van der Waals surface area contributed by atoms with Crippen LogP contribution in [0, 0.1) is 20.8 Å². The van der Waals surface area contributed by atoms with Crippen LogP contribution in [0.15, 0.2) is 24.3 Å². The van der Waals surface area contributed by atoms with Gasteiger partial charge in [-0.25, -0.2) is 9.59 Å². The zero-order valence-corrected chi connectivity index (χ0v) is 14.9. The van der Waals surface area contributed by atoms with Gasteiger partial charge in [0, 0.05) is 5.69 Å². The minimum absolute atomic E-state index is 0.238. The molecular weight excluding hydrogens is 322 g/mol. The average molecular weight is 343 g/mol. The van der Waals surface area contributed by atoms with E-state index in [0.717, 1.165) is 5.56 Å². The van der Waals surface area contributed by atoms with E-state index in [1.807, 2.05) is 13.0 Å². The Balaban J connectivity index is 2.20. The maximum Gasteiger partial charge on any atom is 0.339 e. The van der Waals surface area contributed by atoms with Crippen molar-refractivity contribution in [1.29, 1.82) is 0 Å². The third-order valence-electron chi connectivity index (χ3n) is 3.98. The third kappa shape index (κ3) is 3.79. The van der Waals surface area contributed by atoms with Crippen molar-refractivity contribution >= 4 is 17.7 Å². The number of esters is 2. The van der Waals surface area contributed by atoms with Gasteiger partial charge < -0.3 is 14.5 Å². The lowest BCUT2D eigenvalue weighted by atomic mass is 10.1. The van der Waals surface area contributed by atoms with E-state index in [2.05, 4.69) is 4.98 Å². The van der Waals surface area contributed by atoms with E-state index >= 15 is 0 Å². The molecule has 0 aliphatic carbocycles. The second-order valence-corrected chi connectivity index (χ2v) is 5.90. The fourth-order valence-electron chi connectivity index (χ4n) is 2.66. The third-order valence-corrected chi connectivity index (χ3v) is 3.98. The number of aryl methyl sites for hydroxylation is 2. The number of ether oxygens (including phenoxy) is 2. The summed E-state index contributed by atoms with van der Waals surface area (Å²) in [5, 5.41) is 0. The number of aromatic amines is 1. The summed E-state index contributed by atoms with van der Waals surface area (Å²) in [4.78, 5) is 39.5. The molecule has 0 radical (unpaired) electrons. The lowest BCUT2D eigenvalue weighted by Gasteiger charge is -2.12. The lowest BCUT2D eigenvalue weighted by molar-refractivity contribution is 0.0316. The number of carbonyl (C=O) groups excluding carboxylic acids is 3. The molecule has 1 aromatic heterocycles. The maximum absolute atomic E-state index is 12.6. The number of carbonyl (C=O) groups is 3. The van der Waals surface area contributed by atoms with Crippen molar-refractivity contribution < 1.29 is 23.9 Å². The summed E-state index contributed by atoms with van der Waals surface area (Å²) < 4.78 is 10.0. The Kier molecular flexibility index (Phi) is 5.41. The Morgan fingerprint density at radius 2 is 1.76 bits per heavy atom. The Hall–Kier alpha value is -2.89. The molecule has 6 nitrogen and oxygen atoms in total. The SMILES string of the molecule is COC(=O)c1c(C)[nH]c(C(=O)[C@@H](C)OC(=O)c2cccc(C)c2)c1C. The van der Waals surface area contributed by atoms with Crippen LogP contribution in [0.4, 0.5) is 0 Å². The molecule has 0 saturated carbocycles. The van der Waals surface area contributed by atoms with Gasteiger partial charge in [0.05, 0.1) is 23.9 Å². The van der Waals surface area contributed by atoms with Gasteiger partial charge in [0.25, 0.3) is 0 Å². The largest absolute Gasteiger partial charge is 0.465 e. The highest BCUT2D eigenvalue weighted by Gasteiger charge is 2.27. The van der Waals surface area contributed by atoms with Crippen molar-refractivity contribution in [2.45, 2.75) is 33.8 Å². The van der Waals surface area contributed by atoms with Crippen LogP contribution >= 0.6 is 0 Å². The number of H-pyrrole nitrogens is 1. The first-order valence-electron chi connectivity index (χ1n) is 7.85. The Morgan fingerprint density at radius 1 is 1.08 bits per heavy atom. The predicted octanol–water partition coefficient (Wildman–Crippen LogP) is 3.15. The Morgan fingerprint density at radius 3 is 2.36 bits per heavy atom. The average Bonchev–Trinajstić information content (AvgIpc) is 2.87. The minimum atomic E-state index is -0.991. The normalized spacial score (nSPS) is 11.7. The van der Waals surface area contributed by atoms with Gasteiger partial charge in [-0.2, -0.15) is 0 Å². The summed E-state index contributed by atoms with van der Waals surface area (Å²) in [6.07, 6.45) is -0.991. The van der Waals surface area contributed by atoms with E-state index < -0.39 is 23.8 Å². The van der Waals surface area contributed by atoms with Gasteiger partial charge in [0.1, 0.15) is 0 Å². The van der Waals surface area contributed by atoms with E-state index in [9.17, 15) is 14.4 Å². The Labute approximate surface area is 146 Å². The highest BCUT2D eigenvalue weighted by Crippen LogP contribution is 2.21. The van der Waals surface area contributed by atoms with Crippen LogP contribution in [0.1, 0.15) is 54.9 Å². The molecule has 2 rings (SSSR count). The second kappa shape index (κ2) is 7.34. The van der Waals surface area contributed by atoms with E-state index in [4.69, 9.17) is 9.47 Å². The summed E-state index contributed by atoms with van der Waals surface area (Å²) in [6, 6.07) is 6.94. The summed E-state index contributed by atoms with van der Waals surface area (Å²) in [6.45, 7) is 6.70. The molecule has 0 aliphatic heterocycles. The molecule has 2 aromatic rings. The summed E-state index contributed by atoms with van der Waals surface area (Å²) >= 11 is 0. The van der Waals surface area contributed by atoms with Crippen molar-refractivity contribution in [2.24, 2.45) is 0 Å². The molecule has 0 bridgehead atoms. The van der Waals surface area contributed by atoms with E-state index in [0.29, 0.717) is 22.4 Å². The second-order valence-electron chi connectivity index (χ2n) is 5.90. The van der Waals surface area contributed by atoms with Crippen LogP contribution in [0.25, 0.3) is 0 Å². The fourth-order valence-corrected chi connectivity index (χ4v) is 2.66. The molecule has 1 aromatic carbocycles. The molecule has 6 heteroatoms. The number of rotatable bonds is 5. The predicted molar refractivity (Wildman–Crippen MR) is 92.0 cm³/mol. The smallest absolute Gasteiger partial charge is 0.339 e. The number of Topliss-reactive ketones (excluding diaryl/α,β-unsaturated/α-hetero) is 1. The van der Waals surface area contributed by atoms with Crippen LogP contribution in [-0.4, -0.2) is 35.9 Å². The first-order valence-corrected chi connectivity index (χ1v) is 7.85. The molecule has 1 atom stereocenters. The summed E-state index contributed by atoms with van der Waals surface area (Å²) in [7, 11) is 1.28. The Bertz CT molecular complexity index is 834. The first-order chi connectivity index (χ1) is 11.8. The fraction of sp³-hybridized carbons (Fsp3) is 0.316. The van der Waals surface area contributed by atoms with Gasteiger partial charge in [-0.1, -0.05) is 17.7 Å². The number of aromatic nitrogens is 1. The molecule has 1 N–H and O–H groups in total. The highest BCUT2D eigenvalue weighted by molar-refractivity contribution is 6.04. The zero-order chi connectivity index (χ0) is 18.7. The van der Waals surface area contributed by atoms with Crippen molar-refractivity contribution in [3.8, 4) is 0 Å². The molecule has 0 unspecified atom stereocenters. The molecule has 0 amide bonds. The number of nitrogens with one attached hydrogen (secondary N) is 1. The molecule has 0 saturated heterocycles. The van der Waals surface area contributed by atoms with Crippen molar-refractivity contribution in [3.05, 3.63) is 57.9 Å². The number of benzene rings is 1. The van der Waals surface area contributed by atoms with Crippen molar-refractivity contribution in [1.82, 2.24) is 4.98 Å². The van der Waals surface area contributed by atoms with Gasteiger partial charge in [0.15, 0.2) is 6.10 Å². The maximum atomic E-state index is 12.6. The summed E-state index contributed by atoms with van der Waals surface area (Å²) in [5.74, 6) is -1.50. The summed E-state index contributed by atoms with van der Waals surface area (Å²) in [5.41, 5.74) is 2.88. The number of hydrogen-bond acceptors (Lipinski definition) is 5. The number of hydrogen-bond donors (Lipinski definition) is 1. The lowest BCUT2D eigenvalue weighted by Crippen LogP contribution is -2.25.